The van der Waals surface area contributed by atoms with E-state index in [2.05, 4.69) is 63.3 Å². The molecule has 0 aliphatic rings. The van der Waals surface area contributed by atoms with Crippen molar-refractivity contribution in [2.24, 2.45) is 0 Å². The maximum Gasteiger partial charge on any atom is 0.123 e. The zero-order chi connectivity index (χ0) is 13.5. The molecule has 0 saturated carbocycles. The van der Waals surface area contributed by atoms with Gasteiger partial charge in [-0.15, -0.1) is 0 Å². The average molecular weight is 250 g/mol. The number of aryl methyl sites for hydroxylation is 1. The van der Waals surface area contributed by atoms with Gasteiger partial charge in [0.2, 0.25) is 0 Å². The van der Waals surface area contributed by atoms with Crippen molar-refractivity contribution in [2.75, 3.05) is 27.2 Å². The van der Waals surface area contributed by atoms with Crippen LogP contribution in [0.2, 0.25) is 0 Å². The SMILES string of the molecule is Cc1ccc(OCCN(C)C)c(CNC(C)C)c1. The molecule has 3 heteroatoms. The third-order valence-corrected chi connectivity index (χ3v) is 2.71. The molecular weight excluding hydrogens is 224 g/mol. The number of benzene rings is 1. The minimum absolute atomic E-state index is 0.486. The van der Waals surface area contributed by atoms with Gasteiger partial charge in [0.25, 0.3) is 0 Å². The number of ether oxygens (including phenoxy) is 1. The van der Waals surface area contributed by atoms with Crippen LogP contribution >= 0.6 is 0 Å². The van der Waals surface area contributed by atoms with Gasteiger partial charge in [0, 0.05) is 24.7 Å². The number of nitrogens with zero attached hydrogens (tertiary/aromatic N) is 1. The number of likely N-dealkylation sites (N-methyl/N-ethyl adjacent to an activating group) is 1. The Hall–Kier alpha value is -1.06. The van der Waals surface area contributed by atoms with Crippen LogP contribution in [0.25, 0.3) is 0 Å². The minimum Gasteiger partial charge on any atom is -0.492 e. The molecule has 0 amide bonds. The lowest BCUT2D eigenvalue weighted by molar-refractivity contribution is 0.259. The molecule has 102 valence electrons. The van der Waals surface area contributed by atoms with E-state index >= 15 is 0 Å². The Morgan fingerprint density at radius 3 is 2.61 bits per heavy atom. The summed E-state index contributed by atoms with van der Waals surface area (Å²) in [5.74, 6) is 0.996. The highest BCUT2D eigenvalue weighted by Gasteiger charge is 2.05. The Bertz CT molecular complexity index is 362. The lowest BCUT2D eigenvalue weighted by atomic mass is 10.1. The van der Waals surface area contributed by atoms with E-state index in [4.69, 9.17) is 4.74 Å². The second kappa shape index (κ2) is 7.39. The molecular formula is C15H26N2O. The first-order valence-electron chi connectivity index (χ1n) is 6.59. The van der Waals surface area contributed by atoms with Crippen LogP contribution in [0.3, 0.4) is 0 Å². The Morgan fingerprint density at radius 1 is 1.28 bits per heavy atom. The van der Waals surface area contributed by atoms with Gasteiger partial charge in [0.05, 0.1) is 0 Å². The van der Waals surface area contributed by atoms with E-state index in [0.29, 0.717) is 6.04 Å². The predicted octanol–water partition coefficient (Wildman–Crippen LogP) is 2.43. The van der Waals surface area contributed by atoms with Crippen molar-refractivity contribution < 1.29 is 4.74 Å². The molecule has 0 heterocycles. The monoisotopic (exact) mass is 250 g/mol. The molecule has 1 rings (SSSR count). The fraction of sp³-hybridized carbons (Fsp3) is 0.600. The number of hydrogen-bond acceptors (Lipinski definition) is 3. The van der Waals surface area contributed by atoms with Crippen LogP contribution < -0.4 is 10.1 Å². The summed E-state index contributed by atoms with van der Waals surface area (Å²) in [6, 6.07) is 6.85. The zero-order valence-corrected chi connectivity index (χ0v) is 12.3. The van der Waals surface area contributed by atoms with Gasteiger partial charge in [-0.3, -0.25) is 0 Å². The Balaban J connectivity index is 2.64. The Kier molecular flexibility index (Phi) is 6.16. The van der Waals surface area contributed by atoms with Crippen molar-refractivity contribution in [3.63, 3.8) is 0 Å². The van der Waals surface area contributed by atoms with Crippen LogP contribution in [0, 0.1) is 6.92 Å². The second-order valence-electron chi connectivity index (χ2n) is 5.30. The maximum absolute atomic E-state index is 5.85. The lowest BCUT2D eigenvalue weighted by Crippen LogP contribution is -2.23. The number of nitrogens with one attached hydrogen (secondary N) is 1. The van der Waals surface area contributed by atoms with Crippen molar-refractivity contribution in [2.45, 2.75) is 33.4 Å². The summed E-state index contributed by atoms with van der Waals surface area (Å²) in [6.07, 6.45) is 0. The van der Waals surface area contributed by atoms with Crippen LogP contribution in [-0.4, -0.2) is 38.2 Å². The minimum atomic E-state index is 0.486. The topological polar surface area (TPSA) is 24.5 Å². The Labute approximate surface area is 111 Å². The first kappa shape index (κ1) is 15.0. The van der Waals surface area contributed by atoms with Crippen LogP contribution in [0.15, 0.2) is 18.2 Å². The smallest absolute Gasteiger partial charge is 0.123 e. The van der Waals surface area contributed by atoms with Gasteiger partial charge in [-0.1, -0.05) is 31.5 Å². The predicted molar refractivity (Wildman–Crippen MR) is 77.2 cm³/mol. The molecule has 1 aromatic carbocycles. The van der Waals surface area contributed by atoms with Crippen molar-refractivity contribution in [3.05, 3.63) is 29.3 Å². The molecule has 1 N–H and O–H groups in total. The summed E-state index contributed by atoms with van der Waals surface area (Å²) >= 11 is 0. The highest BCUT2D eigenvalue weighted by Crippen LogP contribution is 2.20. The molecule has 1 aromatic rings. The van der Waals surface area contributed by atoms with Crippen molar-refractivity contribution >= 4 is 0 Å². The summed E-state index contributed by atoms with van der Waals surface area (Å²) in [4.78, 5) is 2.13. The molecule has 0 spiro atoms. The highest BCUT2D eigenvalue weighted by atomic mass is 16.5. The molecule has 0 aromatic heterocycles. The summed E-state index contributed by atoms with van der Waals surface area (Å²) in [5.41, 5.74) is 2.51. The van der Waals surface area contributed by atoms with E-state index in [1.807, 2.05) is 0 Å². The summed E-state index contributed by atoms with van der Waals surface area (Å²) in [7, 11) is 4.11. The third-order valence-electron chi connectivity index (χ3n) is 2.71. The molecule has 0 atom stereocenters. The van der Waals surface area contributed by atoms with E-state index in [-0.39, 0.29) is 0 Å². The first-order chi connectivity index (χ1) is 8.49. The van der Waals surface area contributed by atoms with Gasteiger partial charge in [0.1, 0.15) is 12.4 Å². The molecule has 18 heavy (non-hydrogen) atoms. The maximum atomic E-state index is 5.85. The molecule has 0 radical (unpaired) electrons. The quantitative estimate of drug-likeness (QED) is 0.804. The first-order valence-corrected chi connectivity index (χ1v) is 6.59. The lowest BCUT2D eigenvalue weighted by Gasteiger charge is -2.16. The summed E-state index contributed by atoms with van der Waals surface area (Å²) in [5, 5.41) is 3.44. The van der Waals surface area contributed by atoms with Crippen LogP contribution in [0.4, 0.5) is 0 Å². The van der Waals surface area contributed by atoms with E-state index < -0.39 is 0 Å². The third kappa shape index (κ3) is 5.52. The molecule has 0 unspecified atom stereocenters. The summed E-state index contributed by atoms with van der Waals surface area (Å²) < 4.78 is 5.85. The van der Waals surface area contributed by atoms with E-state index in [9.17, 15) is 0 Å². The summed E-state index contributed by atoms with van der Waals surface area (Å²) in [6.45, 7) is 8.94. The van der Waals surface area contributed by atoms with Crippen LogP contribution in [0.1, 0.15) is 25.0 Å². The average Bonchev–Trinajstić information content (AvgIpc) is 2.28. The largest absolute Gasteiger partial charge is 0.492 e. The fourth-order valence-corrected chi connectivity index (χ4v) is 1.64. The highest BCUT2D eigenvalue weighted by molar-refractivity contribution is 5.36. The number of hydrogen-bond donors (Lipinski definition) is 1. The molecule has 0 saturated heterocycles. The molecule has 0 fully saturated rings. The van der Waals surface area contributed by atoms with Gasteiger partial charge in [-0.2, -0.15) is 0 Å². The van der Waals surface area contributed by atoms with Crippen molar-refractivity contribution in [1.82, 2.24) is 10.2 Å². The normalized spacial score (nSPS) is 11.3. The van der Waals surface area contributed by atoms with Gasteiger partial charge in [-0.25, -0.2) is 0 Å². The Morgan fingerprint density at radius 2 is 2.00 bits per heavy atom. The van der Waals surface area contributed by atoms with E-state index in [0.717, 1.165) is 25.4 Å². The van der Waals surface area contributed by atoms with Gasteiger partial charge in [-0.05, 0) is 27.1 Å². The molecule has 3 nitrogen and oxygen atoms in total. The molecule has 0 bridgehead atoms. The van der Waals surface area contributed by atoms with Crippen molar-refractivity contribution in [1.29, 1.82) is 0 Å². The van der Waals surface area contributed by atoms with E-state index in [1.54, 1.807) is 0 Å². The van der Waals surface area contributed by atoms with Gasteiger partial charge in [0.15, 0.2) is 0 Å². The fourth-order valence-electron chi connectivity index (χ4n) is 1.64. The van der Waals surface area contributed by atoms with Crippen LogP contribution in [0.5, 0.6) is 5.75 Å². The molecule has 0 aliphatic carbocycles. The van der Waals surface area contributed by atoms with Gasteiger partial charge < -0.3 is 15.0 Å². The zero-order valence-electron chi connectivity index (χ0n) is 12.3. The van der Waals surface area contributed by atoms with Gasteiger partial charge >= 0.3 is 0 Å². The molecule has 0 aliphatic heterocycles. The standard InChI is InChI=1S/C15H26N2O/c1-12(2)16-11-14-10-13(3)6-7-15(14)18-9-8-17(4)5/h6-7,10,12,16H,8-9,11H2,1-5H3. The van der Waals surface area contributed by atoms with Crippen LogP contribution in [-0.2, 0) is 6.54 Å². The van der Waals surface area contributed by atoms with E-state index in [1.165, 1.54) is 11.1 Å². The second-order valence-corrected chi connectivity index (χ2v) is 5.30. The van der Waals surface area contributed by atoms with Crippen molar-refractivity contribution in [3.8, 4) is 5.75 Å². The number of rotatable bonds is 7.